The van der Waals surface area contributed by atoms with Gasteiger partial charge in [-0.15, -0.1) is 0 Å². The molecular formula is C24H24N6O3. The van der Waals surface area contributed by atoms with E-state index >= 15 is 0 Å². The average molecular weight is 444 g/mol. The Morgan fingerprint density at radius 1 is 1.03 bits per heavy atom. The molecule has 0 saturated heterocycles. The van der Waals surface area contributed by atoms with Crippen molar-refractivity contribution in [3.05, 3.63) is 52.7 Å². The van der Waals surface area contributed by atoms with Gasteiger partial charge in [0.2, 0.25) is 5.91 Å². The summed E-state index contributed by atoms with van der Waals surface area (Å²) in [6, 6.07) is 9.03. The molecule has 6 rings (SSSR count). The standard InChI is InChI=1S/C24H24N6O3/c31-21(14-8-9-14)28-18-12-17(25-13-26-18)27-19-15-6-2-3-7-16(15)20-22(32)29-24(30(20)23(19)33)10-4-1-5-11-24/h2-3,6-7,12-14H,1,4-5,8-11H2,(H,29,32)(H2,25,26,27,28,31). The fraction of sp³-hybridized carbons (Fsp3) is 0.375. The van der Waals surface area contributed by atoms with Crippen LogP contribution in [-0.4, -0.2) is 26.3 Å². The molecule has 33 heavy (non-hydrogen) atoms. The van der Waals surface area contributed by atoms with E-state index in [-0.39, 0.29) is 23.3 Å². The first kappa shape index (κ1) is 19.9. The summed E-state index contributed by atoms with van der Waals surface area (Å²) in [6.07, 6.45) is 7.61. The Balaban J connectivity index is 1.46. The molecule has 1 aromatic carbocycles. The number of pyridine rings is 1. The molecule has 2 saturated carbocycles. The number of aromatic nitrogens is 3. The fourth-order valence-electron chi connectivity index (χ4n) is 5.12. The highest BCUT2D eigenvalue weighted by atomic mass is 16.2. The predicted molar refractivity (Wildman–Crippen MR) is 123 cm³/mol. The van der Waals surface area contributed by atoms with Crippen molar-refractivity contribution in [1.29, 1.82) is 0 Å². The van der Waals surface area contributed by atoms with Crippen molar-refractivity contribution >= 4 is 39.9 Å². The molecule has 9 nitrogen and oxygen atoms in total. The van der Waals surface area contributed by atoms with Crippen LogP contribution in [0.4, 0.5) is 17.3 Å². The van der Waals surface area contributed by atoms with Crippen LogP contribution in [0.25, 0.3) is 10.8 Å². The zero-order chi connectivity index (χ0) is 22.6. The number of amides is 2. The molecule has 2 aliphatic carbocycles. The zero-order valence-electron chi connectivity index (χ0n) is 18.1. The second kappa shape index (κ2) is 7.40. The van der Waals surface area contributed by atoms with E-state index in [1.807, 2.05) is 24.3 Å². The molecular weight excluding hydrogens is 420 g/mol. The van der Waals surface area contributed by atoms with Gasteiger partial charge in [-0.1, -0.05) is 30.7 Å². The number of carbonyl (C=O) groups excluding carboxylic acids is 2. The van der Waals surface area contributed by atoms with Gasteiger partial charge >= 0.3 is 0 Å². The Labute approximate surface area is 189 Å². The van der Waals surface area contributed by atoms with Gasteiger partial charge in [0.05, 0.1) is 0 Å². The molecule has 0 atom stereocenters. The summed E-state index contributed by atoms with van der Waals surface area (Å²) in [7, 11) is 0. The van der Waals surface area contributed by atoms with Crippen LogP contribution in [0.1, 0.15) is 55.4 Å². The van der Waals surface area contributed by atoms with Crippen LogP contribution in [0.3, 0.4) is 0 Å². The van der Waals surface area contributed by atoms with Crippen molar-refractivity contribution in [2.24, 2.45) is 5.92 Å². The Morgan fingerprint density at radius 2 is 1.76 bits per heavy atom. The largest absolute Gasteiger partial charge is 0.335 e. The summed E-state index contributed by atoms with van der Waals surface area (Å²) in [4.78, 5) is 47.4. The second-order valence-corrected chi connectivity index (χ2v) is 9.13. The Morgan fingerprint density at radius 3 is 2.52 bits per heavy atom. The van der Waals surface area contributed by atoms with Crippen LogP contribution >= 0.6 is 0 Å². The molecule has 0 bridgehead atoms. The van der Waals surface area contributed by atoms with Crippen molar-refractivity contribution in [1.82, 2.24) is 19.9 Å². The number of benzene rings is 1. The van der Waals surface area contributed by atoms with Gasteiger partial charge in [0.1, 0.15) is 35.0 Å². The summed E-state index contributed by atoms with van der Waals surface area (Å²) in [5.41, 5.74) is -0.166. The number of rotatable bonds is 4. The van der Waals surface area contributed by atoms with E-state index in [0.717, 1.165) is 50.3 Å². The molecule has 3 N–H and O–H groups in total. The third-order valence-corrected chi connectivity index (χ3v) is 6.88. The van der Waals surface area contributed by atoms with Gasteiger partial charge in [-0.2, -0.15) is 0 Å². The molecule has 2 amide bonds. The third-order valence-electron chi connectivity index (χ3n) is 6.88. The van der Waals surface area contributed by atoms with E-state index in [1.165, 1.54) is 6.33 Å². The summed E-state index contributed by atoms with van der Waals surface area (Å²) in [6.45, 7) is 0. The molecule has 0 radical (unpaired) electrons. The topological polar surface area (TPSA) is 118 Å². The summed E-state index contributed by atoms with van der Waals surface area (Å²) in [5, 5.41) is 10.5. The number of anilines is 3. The van der Waals surface area contributed by atoms with E-state index in [0.29, 0.717) is 28.4 Å². The van der Waals surface area contributed by atoms with Crippen molar-refractivity contribution in [2.75, 3.05) is 10.6 Å². The van der Waals surface area contributed by atoms with Crippen LogP contribution in [0.5, 0.6) is 0 Å². The van der Waals surface area contributed by atoms with Gasteiger partial charge in [-0.3, -0.25) is 19.0 Å². The van der Waals surface area contributed by atoms with Gasteiger partial charge in [0.25, 0.3) is 11.5 Å². The molecule has 1 spiro atoms. The van der Waals surface area contributed by atoms with Gasteiger partial charge < -0.3 is 16.0 Å². The predicted octanol–water partition coefficient (Wildman–Crippen LogP) is 3.24. The zero-order valence-corrected chi connectivity index (χ0v) is 18.1. The van der Waals surface area contributed by atoms with Gasteiger partial charge in [0, 0.05) is 22.8 Å². The molecule has 0 unspecified atom stereocenters. The number of nitrogens with one attached hydrogen (secondary N) is 3. The van der Waals surface area contributed by atoms with E-state index in [1.54, 1.807) is 10.6 Å². The maximum Gasteiger partial charge on any atom is 0.277 e. The molecule has 2 fully saturated rings. The second-order valence-electron chi connectivity index (χ2n) is 9.13. The van der Waals surface area contributed by atoms with Crippen molar-refractivity contribution < 1.29 is 9.59 Å². The van der Waals surface area contributed by atoms with E-state index in [4.69, 9.17) is 0 Å². The Kier molecular flexibility index (Phi) is 4.46. The first-order valence-corrected chi connectivity index (χ1v) is 11.5. The molecule has 2 aromatic heterocycles. The van der Waals surface area contributed by atoms with Crippen LogP contribution in [0, 0.1) is 5.92 Å². The fourth-order valence-corrected chi connectivity index (χ4v) is 5.12. The third kappa shape index (κ3) is 3.26. The lowest BCUT2D eigenvalue weighted by Gasteiger charge is -2.35. The molecule has 3 aromatic rings. The lowest BCUT2D eigenvalue weighted by Crippen LogP contribution is -2.48. The summed E-state index contributed by atoms with van der Waals surface area (Å²) in [5.74, 6) is 0.582. The smallest absolute Gasteiger partial charge is 0.277 e. The number of fused-ring (bicyclic) bond motifs is 4. The highest BCUT2D eigenvalue weighted by molar-refractivity contribution is 6.10. The average Bonchev–Trinajstić information content (AvgIpc) is 3.63. The van der Waals surface area contributed by atoms with Gasteiger partial charge in [-0.05, 0) is 38.5 Å². The number of nitrogens with zero attached hydrogens (tertiary/aromatic N) is 3. The lowest BCUT2D eigenvalue weighted by molar-refractivity contribution is -0.117. The number of carbonyl (C=O) groups is 2. The van der Waals surface area contributed by atoms with Gasteiger partial charge in [-0.25, -0.2) is 9.97 Å². The molecule has 1 aliphatic heterocycles. The minimum atomic E-state index is -0.683. The summed E-state index contributed by atoms with van der Waals surface area (Å²) >= 11 is 0. The van der Waals surface area contributed by atoms with E-state index in [9.17, 15) is 14.4 Å². The monoisotopic (exact) mass is 444 g/mol. The first-order chi connectivity index (χ1) is 16.1. The first-order valence-electron chi connectivity index (χ1n) is 11.5. The SMILES string of the molecule is O=C1NC2(CCCCC2)n2c1c1ccccc1c(Nc1cc(NC(=O)C3CC3)ncn1)c2=O. The maximum absolute atomic E-state index is 13.9. The van der Waals surface area contributed by atoms with E-state index in [2.05, 4.69) is 25.9 Å². The maximum atomic E-state index is 13.9. The lowest BCUT2D eigenvalue weighted by atomic mass is 9.89. The highest BCUT2D eigenvalue weighted by Crippen LogP contribution is 2.39. The minimum absolute atomic E-state index is 0.0495. The molecule has 3 heterocycles. The normalized spacial score (nSPS) is 18.7. The Hall–Kier alpha value is -3.75. The Bertz CT molecular complexity index is 1350. The quantitative estimate of drug-likeness (QED) is 0.569. The van der Waals surface area contributed by atoms with Crippen molar-refractivity contribution in [3.8, 4) is 0 Å². The number of hydrogen-bond donors (Lipinski definition) is 3. The van der Waals surface area contributed by atoms with Crippen molar-refractivity contribution in [3.63, 3.8) is 0 Å². The van der Waals surface area contributed by atoms with Crippen LogP contribution < -0.4 is 21.5 Å². The molecule has 3 aliphatic rings. The van der Waals surface area contributed by atoms with Crippen LogP contribution in [0.15, 0.2) is 41.5 Å². The number of hydrogen-bond acceptors (Lipinski definition) is 6. The highest BCUT2D eigenvalue weighted by Gasteiger charge is 2.45. The molecule has 9 heteroatoms. The molecule has 168 valence electrons. The minimum Gasteiger partial charge on any atom is -0.335 e. The van der Waals surface area contributed by atoms with Crippen LogP contribution in [-0.2, 0) is 10.5 Å². The van der Waals surface area contributed by atoms with E-state index < -0.39 is 5.66 Å². The summed E-state index contributed by atoms with van der Waals surface area (Å²) < 4.78 is 1.66. The van der Waals surface area contributed by atoms with Crippen molar-refractivity contribution in [2.45, 2.75) is 50.6 Å². The van der Waals surface area contributed by atoms with Crippen LogP contribution in [0.2, 0.25) is 0 Å². The van der Waals surface area contributed by atoms with Gasteiger partial charge in [0.15, 0.2) is 0 Å².